The molecule has 2 rings (SSSR count). The summed E-state index contributed by atoms with van der Waals surface area (Å²) in [6.07, 6.45) is 2.47. The molecule has 2 N–H and O–H groups in total. The molecule has 0 aliphatic carbocycles. The lowest BCUT2D eigenvalue weighted by atomic mass is 9.98. The van der Waals surface area contributed by atoms with Crippen molar-refractivity contribution in [3.8, 4) is 0 Å². The van der Waals surface area contributed by atoms with Crippen molar-refractivity contribution in [1.29, 1.82) is 0 Å². The van der Waals surface area contributed by atoms with Gasteiger partial charge in [-0.3, -0.25) is 4.79 Å². The number of hydrogen-bond acceptors (Lipinski definition) is 2. The van der Waals surface area contributed by atoms with Gasteiger partial charge in [0.05, 0.1) is 5.92 Å². The molecule has 3 nitrogen and oxygen atoms in total. The molecule has 86 valence electrons. The van der Waals surface area contributed by atoms with Gasteiger partial charge in [0.1, 0.15) is 0 Å². The lowest BCUT2D eigenvalue weighted by Gasteiger charge is -2.21. The van der Waals surface area contributed by atoms with Crippen LogP contribution in [0.3, 0.4) is 0 Å². The summed E-state index contributed by atoms with van der Waals surface area (Å²) < 4.78 is 0. The van der Waals surface area contributed by atoms with Crippen LogP contribution in [0, 0.1) is 0 Å². The number of rotatable bonds is 4. The molecule has 0 radical (unpaired) electrons. The van der Waals surface area contributed by atoms with E-state index in [1.54, 1.807) is 0 Å². The summed E-state index contributed by atoms with van der Waals surface area (Å²) in [5, 5.41) is 0. The summed E-state index contributed by atoms with van der Waals surface area (Å²) in [7, 11) is 0. The van der Waals surface area contributed by atoms with E-state index in [-0.39, 0.29) is 11.8 Å². The van der Waals surface area contributed by atoms with Crippen LogP contribution in [0.15, 0.2) is 30.3 Å². The Kier molecular flexibility index (Phi) is 3.57. The standard InChI is InChI=1S/C13H18N2O/c14-13(16)12(10-15-8-4-5-9-15)11-6-2-1-3-7-11/h1-3,6-7,12H,4-5,8-10H2,(H2,14,16). The predicted molar refractivity (Wildman–Crippen MR) is 64.1 cm³/mol. The first-order valence-electron chi connectivity index (χ1n) is 5.84. The van der Waals surface area contributed by atoms with Crippen molar-refractivity contribution in [3.63, 3.8) is 0 Å². The van der Waals surface area contributed by atoms with Gasteiger partial charge in [-0.25, -0.2) is 0 Å². The lowest BCUT2D eigenvalue weighted by molar-refractivity contribution is -0.119. The lowest BCUT2D eigenvalue weighted by Crippen LogP contribution is -2.33. The Labute approximate surface area is 96.2 Å². The van der Waals surface area contributed by atoms with E-state index in [2.05, 4.69) is 4.90 Å². The predicted octanol–water partition coefficient (Wildman–Crippen LogP) is 1.35. The van der Waals surface area contributed by atoms with Crippen molar-refractivity contribution in [3.05, 3.63) is 35.9 Å². The second kappa shape index (κ2) is 5.12. The molecule has 1 aliphatic heterocycles. The molecule has 1 aliphatic rings. The Morgan fingerprint density at radius 3 is 2.44 bits per heavy atom. The number of nitrogens with two attached hydrogens (primary N) is 1. The number of nitrogens with zero attached hydrogens (tertiary/aromatic N) is 1. The third-order valence-corrected chi connectivity index (χ3v) is 3.18. The van der Waals surface area contributed by atoms with Crippen molar-refractivity contribution in [2.45, 2.75) is 18.8 Å². The highest BCUT2D eigenvalue weighted by molar-refractivity contribution is 5.82. The second-order valence-corrected chi connectivity index (χ2v) is 4.37. The van der Waals surface area contributed by atoms with Gasteiger partial charge in [0.25, 0.3) is 0 Å². The smallest absolute Gasteiger partial charge is 0.226 e. The average Bonchev–Trinajstić information content (AvgIpc) is 2.79. The molecule has 1 aromatic rings. The van der Waals surface area contributed by atoms with E-state index in [9.17, 15) is 4.79 Å². The van der Waals surface area contributed by atoms with Crippen LogP contribution in [-0.2, 0) is 4.79 Å². The number of likely N-dealkylation sites (tertiary alicyclic amines) is 1. The fourth-order valence-electron chi connectivity index (χ4n) is 2.27. The molecule has 1 atom stereocenters. The molecule has 1 heterocycles. The number of carbonyl (C=O) groups is 1. The van der Waals surface area contributed by atoms with Gasteiger partial charge < -0.3 is 10.6 Å². The molecule has 3 heteroatoms. The van der Waals surface area contributed by atoms with E-state index in [1.807, 2.05) is 30.3 Å². The van der Waals surface area contributed by atoms with Crippen LogP contribution in [0.5, 0.6) is 0 Å². The van der Waals surface area contributed by atoms with Crippen molar-refractivity contribution >= 4 is 5.91 Å². The molecule has 0 saturated carbocycles. The van der Waals surface area contributed by atoms with Gasteiger partial charge in [-0.15, -0.1) is 0 Å². The highest BCUT2D eigenvalue weighted by Crippen LogP contribution is 2.19. The topological polar surface area (TPSA) is 46.3 Å². The van der Waals surface area contributed by atoms with Gasteiger partial charge in [-0.1, -0.05) is 30.3 Å². The fourth-order valence-corrected chi connectivity index (χ4v) is 2.27. The molecule has 0 spiro atoms. The Morgan fingerprint density at radius 2 is 1.88 bits per heavy atom. The third kappa shape index (κ3) is 2.61. The van der Waals surface area contributed by atoms with E-state index in [0.717, 1.165) is 25.2 Å². The Balaban J connectivity index is 2.08. The van der Waals surface area contributed by atoms with Gasteiger partial charge in [0, 0.05) is 6.54 Å². The normalized spacial score (nSPS) is 18.5. The number of primary amides is 1. The van der Waals surface area contributed by atoms with Gasteiger partial charge >= 0.3 is 0 Å². The summed E-state index contributed by atoms with van der Waals surface area (Å²) in [5.74, 6) is -0.391. The van der Waals surface area contributed by atoms with Gasteiger partial charge in [0.2, 0.25) is 5.91 Å². The molecular weight excluding hydrogens is 200 g/mol. The fraction of sp³-hybridized carbons (Fsp3) is 0.462. The van der Waals surface area contributed by atoms with Crippen molar-refractivity contribution < 1.29 is 4.79 Å². The van der Waals surface area contributed by atoms with Gasteiger partial charge in [0.15, 0.2) is 0 Å². The largest absolute Gasteiger partial charge is 0.369 e. The van der Waals surface area contributed by atoms with Crippen LogP contribution < -0.4 is 5.73 Å². The minimum absolute atomic E-state index is 0.167. The summed E-state index contributed by atoms with van der Waals surface area (Å²) >= 11 is 0. The average molecular weight is 218 g/mol. The molecule has 1 saturated heterocycles. The summed E-state index contributed by atoms with van der Waals surface area (Å²) in [4.78, 5) is 13.8. The molecule has 1 unspecified atom stereocenters. The zero-order chi connectivity index (χ0) is 11.4. The van der Waals surface area contributed by atoms with Crippen LogP contribution in [0.1, 0.15) is 24.3 Å². The van der Waals surface area contributed by atoms with E-state index in [0.29, 0.717) is 0 Å². The minimum Gasteiger partial charge on any atom is -0.369 e. The molecule has 16 heavy (non-hydrogen) atoms. The molecule has 1 aromatic carbocycles. The molecule has 1 amide bonds. The number of benzene rings is 1. The maximum atomic E-state index is 11.5. The van der Waals surface area contributed by atoms with Crippen molar-refractivity contribution in [2.75, 3.05) is 19.6 Å². The number of hydrogen-bond donors (Lipinski definition) is 1. The zero-order valence-electron chi connectivity index (χ0n) is 9.43. The van der Waals surface area contributed by atoms with Crippen molar-refractivity contribution in [1.82, 2.24) is 4.90 Å². The Morgan fingerprint density at radius 1 is 1.25 bits per heavy atom. The summed E-state index contributed by atoms with van der Waals surface area (Å²) in [6.45, 7) is 2.95. The minimum atomic E-state index is -0.224. The summed E-state index contributed by atoms with van der Waals surface area (Å²) in [5.41, 5.74) is 6.51. The summed E-state index contributed by atoms with van der Waals surface area (Å²) in [6, 6.07) is 9.82. The van der Waals surface area contributed by atoms with Gasteiger partial charge in [-0.05, 0) is 31.5 Å². The maximum Gasteiger partial charge on any atom is 0.226 e. The Bertz CT molecular complexity index is 344. The SMILES string of the molecule is NC(=O)C(CN1CCCC1)c1ccccc1. The molecule has 0 aromatic heterocycles. The van der Waals surface area contributed by atoms with Crippen LogP contribution in [-0.4, -0.2) is 30.4 Å². The van der Waals surface area contributed by atoms with Crippen molar-refractivity contribution in [2.24, 2.45) is 5.73 Å². The second-order valence-electron chi connectivity index (χ2n) is 4.37. The monoisotopic (exact) mass is 218 g/mol. The first-order valence-corrected chi connectivity index (χ1v) is 5.84. The van der Waals surface area contributed by atoms with E-state index in [1.165, 1.54) is 12.8 Å². The van der Waals surface area contributed by atoms with Crippen LogP contribution in [0.2, 0.25) is 0 Å². The van der Waals surface area contributed by atoms with E-state index < -0.39 is 0 Å². The highest BCUT2D eigenvalue weighted by atomic mass is 16.1. The Hall–Kier alpha value is -1.35. The first kappa shape index (κ1) is 11.1. The van der Waals surface area contributed by atoms with E-state index >= 15 is 0 Å². The number of carbonyl (C=O) groups excluding carboxylic acids is 1. The highest BCUT2D eigenvalue weighted by Gasteiger charge is 2.22. The third-order valence-electron chi connectivity index (χ3n) is 3.18. The first-order chi connectivity index (χ1) is 7.77. The van der Waals surface area contributed by atoms with Crippen LogP contribution >= 0.6 is 0 Å². The zero-order valence-corrected chi connectivity index (χ0v) is 9.43. The van der Waals surface area contributed by atoms with Crippen LogP contribution in [0.4, 0.5) is 0 Å². The number of amides is 1. The van der Waals surface area contributed by atoms with Crippen LogP contribution in [0.25, 0.3) is 0 Å². The van der Waals surface area contributed by atoms with E-state index in [4.69, 9.17) is 5.73 Å². The molecular formula is C13H18N2O. The maximum absolute atomic E-state index is 11.5. The quantitative estimate of drug-likeness (QED) is 0.829. The van der Waals surface area contributed by atoms with Gasteiger partial charge in [-0.2, -0.15) is 0 Å². The molecule has 1 fully saturated rings. The molecule has 0 bridgehead atoms.